The first kappa shape index (κ1) is 19.4. The molecule has 0 fully saturated rings. The molecule has 2 heteroatoms. The molecule has 150 valence electrons. The van der Waals surface area contributed by atoms with E-state index in [1.807, 2.05) is 0 Å². The summed E-state index contributed by atoms with van der Waals surface area (Å²) >= 11 is 0. The van der Waals surface area contributed by atoms with Gasteiger partial charge in [-0.25, -0.2) is 0 Å². The molecule has 2 unspecified atom stereocenters. The number of rotatable bonds is 2. The molecule has 2 aliphatic rings. The van der Waals surface area contributed by atoms with Crippen LogP contribution in [-0.2, 0) is 0 Å². The van der Waals surface area contributed by atoms with Crippen molar-refractivity contribution in [2.75, 3.05) is 0 Å². The average Bonchev–Trinajstić information content (AvgIpc) is 2.85. The number of fused-ring (bicyclic) bond motifs is 3. The van der Waals surface area contributed by atoms with Gasteiger partial charge in [0.15, 0.2) is 0 Å². The highest BCUT2D eigenvalue weighted by atomic mass is 15.1. The lowest BCUT2D eigenvalue weighted by molar-refractivity contribution is 0.518. The van der Waals surface area contributed by atoms with Crippen molar-refractivity contribution in [3.05, 3.63) is 127 Å². The molecule has 0 amide bonds. The number of nitrogens with zero attached hydrogens (tertiary/aromatic N) is 1. The van der Waals surface area contributed by atoms with Crippen molar-refractivity contribution in [2.24, 2.45) is 5.92 Å². The standard InChI is InChI=1S/C29H26BN/c1-20-10-4-9-15-28-25(18-21(20)2)17-16-22(3)31(28)30-29-26-13-7-5-11-23(26)19-24-12-6-8-14-27(24)29/h4-19,21,28,30H,1,3H2,2H3/b10-4-,15-9-,25-18+. The third-order valence-corrected chi connectivity index (χ3v) is 6.47. The number of hydrogen-bond donors (Lipinski definition) is 0. The zero-order chi connectivity index (χ0) is 21.4. The van der Waals surface area contributed by atoms with E-state index in [1.165, 1.54) is 32.6 Å². The molecule has 1 aliphatic heterocycles. The van der Waals surface area contributed by atoms with Crippen LogP contribution in [-0.4, -0.2) is 18.3 Å². The van der Waals surface area contributed by atoms with E-state index in [-0.39, 0.29) is 6.04 Å². The van der Waals surface area contributed by atoms with E-state index in [9.17, 15) is 0 Å². The Kier molecular flexibility index (Phi) is 4.99. The van der Waals surface area contributed by atoms with Crippen molar-refractivity contribution in [1.29, 1.82) is 0 Å². The van der Waals surface area contributed by atoms with Gasteiger partial charge in [0.25, 0.3) is 7.41 Å². The summed E-state index contributed by atoms with van der Waals surface area (Å²) in [6.45, 7) is 10.8. The lowest BCUT2D eigenvalue weighted by Gasteiger charge is -2.37. The summed E-state index contributed by atoms with van der Waals surface area (Å²) in [5.74, 6) is 0.296. The topological polar surface area (TPSA) is 3.24 Å². The first-order valence-electron chi connectivity index (χ1n) is 10.9. The predicted octanol–water partition coefficient (Wildman–Crippen LogP) is 5.97. The Hall–Kier alpha value is -3.52. The molecule has 0 saturated heterocycles. The van der Waals surface area contributed by atoms with Crippen molar-refractivity contribution in [2.45, 2.75) is 13.0 Å². The Labute approximate surface area is 185 Å². The second kappa shape index (κ2) is 7.96. The van der Waals surface area contributed by atoms with Crippen LogP contribution in [0.2, 0.25) is 0 Å². The molecule has 0 radical (unpaired) electrons. The van der Waals surface area contributed by atoms with Gasteiger partial charge >= 0.3 is 0 Å². The van der Waals surface area contributed by atoms with Crippen molar-refractivity contribution in [1.82, 2.24) is 4.81 Å². The molecule has 31 heavy (non-hydrogen) atoms. The molecule has 1 nitrogen and oxygen atoms in total. The molecule has 0 spiro atoms. The molecule has 0 aromatic heterocycles. The highest BCUT2D eigenvalue weighted by Gasteiger charge is 2.26. The summed E-state index contributed by atoms with van der Waals surface area (Å²) in [7, 11) is 0.802. The lowest BCUT2D eigenvalue weighted by atomic mass is 9.71. The molecule has 0 bridgehead atoms. The van der Waals surface area contributed by atoms with Crippen LogP contribution in [0.25, 0.3) is 21.5 Å². The van der Waals surface area contributed by atoms with E-state index in [1.54, 1.807) is 0 Å². The average molecular weight is 399 g/mol. The lowest BCUT2D eigenvalue weighted by Crippen LogP contribution is -2.44. The van der Waals surface area contributed by atoms with Crippen molar-refractivity contribution in [3.63, 3.8) is 0 Å². The van der Waals surface area contributed by atoms with Crippen LogP contribution in [0.5, 0.6) is 0 Å². The minimum Gasteiger partial charge on any atom is -0.404 e. The minimum atomic E-state index is 0.147. The molecule has 3 aromatic rings. The predicted molar refractivity (Wildman–Crippen MR) is 137 cm³/mol. The largest absolute Gasteiger partial charge is 0.404 e. The molecule has 3 aromatic carbocycles. The fourth-order valence-electron chi connectivity index (χ4n) is 4.66. The number of benzene rings is 3. The van der Waals surface area contributed by atoms with Gasteiger partial charge in [-0.1, -0.05) is 105 Å². The first-order valence-corrected chi connectivity index (χ1v) is 10.9. The molecular weight excluding hydrogens is 373 g/mol. The molecule has 5 rings (SSSR count). The monoisotopic (exact) mass is 399 g/mol. The van der Waals surface area contributed by atoms with Crippen LogP contribution in [0.15, 0.2) is 127 Å². The summed E-state index contributed by atoms with van der Waals surface area (Å²) in [6, 6.07) is 19.8. The summed E-state index contributed by atoms with van der Waals surface area (Å²) in [5.41, 5.74) is 4.82. The molecule has 2 atom stereocenters. The summed E-state index contributed by atoms with van der Waals surface area (Å²) < 4.78 is 0. The van der Waals surface area contributed by atoms with Crippen molar-refractivity contribution >= 4 is 34.4 Å². The molecule has 1 aliphatic carbocycles. The number of allylic oxidation sites excluding steroid dienone is 6. The molecular formula is C29H26BN. The fourth-order valence-corrected chi connectivity index (χ4v) is 4.66. The van der Waals surface area contributed by atoms with Gasteiger partial charge in [-0.3, -0.25) is 0 Å². The Balaban J connectivity index is 1.66. The second-order valence-electron chi connectivity index (χ2n) is 8.47. The van der Waals surface area contributed by atoms with Gasteiger partial charge in [-0.15, -0.1) is 0 Å². The van der Waals surface area contributed by atoms with Crippen LogP contribution in [0.3, 0.4) is 0 Å². The van der Waals surface area contributed by atoms with Crippen molar-refractivity contribution in [3.8, 4) is 0 Å². The van der Waals surface area contributed by atoms with Crippen LogP contribution in [0.4, 0.5) is 0 Å². The zero-order valence-electron chi connectivity index (χ0n) is 18.0. The molecule has 0 N–H and O–H groups in total. The zero-order valence-corrected chi connectivity index (χ0v) is 18.0. The molecule has 0 saturated carbocycles. The smallest absolute Gasteiger partial charge is 0.272 e. The SMILES string of the molecule is C=C1/C=C\C=C/C2/C(=C/C1C)C=CC(=C)N2Bc1c2ccccc2cc2ccccc12. The van der Waals surface area contributed by atoms with E-state index in [0.29, 0.717) is 5.92 Å². The van der Waals surface area contributed by atoms with Gasteiger partial charge in [-0.2, -0.15) is 0 Å². The fraction of sp³-hybridized carbons (Fsp3) is 0.103. The highest BCUT2D eigenvalue weighted by molar-refractivity contribution is 6.59. The van der Waals surface area contributed by atoms with Crippen LogP contribution >= 0.6 is 0 Å². The van der Waals surface area contributed by atoms with Crippen LogP contribution in [0.1, 0.15) is 6.92 Å². The Morgan fingerprint density at radius 1 is 0.839 bits per heavy atom. The maximum Gasteiger partial charge on any atom is 0.272 e. The van der Waals surface area contributed by atoms with Gasteiger partial charge in [0.2, 0.25) is 0 Å². The van der Waals surface area contributed by atoms with Gasteiger partial charge in [-0.05, 0) is 56.2 Å². The number of hydrogen-bond acceptors (Lipinski definition) is 1. The van der Waals surface area contributed by atoms with Gasteiger partial charge < -0.3 is 4.81 Å². The minimum absolute atomic E-state index is 0.147. The molecule has 1 heterocycles. The van der Waals surface area contributed by atoms with E-state index < -0.39 is 0 Å². The third kappa shape index (κ3) is 3.59. The van der Waals surface area contributed by atoms with E-state index in [4.69, 9.17) is 0 Å². The van der Waals surface area contributed by atoms with Gasteiger partial charge in [0.1, 0.15) is 0 Å². The van der Waals surface area contributed by atoms with E-state index in [2.05, 4.69) is 122 Å². The second-order valence-corrected chi connectivity index (χ2v) is 8.47. The summed E-state index contributed by atoms with van der Waals surface area (Å²) in [4.78, 5) is 2.42. The summed E-state index contributed by atoms with van der Waals surface area (Å²) in [6.07, 6.45) is 15.3. The Morgan fingerprint density at radius 3 is 2.23 bits per heavy atom. The van der Waals surface area contributed by atoms with Gasteiger partial charge in [0.05, 0.1) is 6.04 Å². The Morgan fingerprint density at radius 2 is 1.52 bits per heavy atom. The van der Waals surface area contributed by atoms with E-state index in [0.717, 1.165) is 18.7 Å². The van der Waals surface area contributed by atoms with Gasteiger partial charge in [0, 0.05) is 5.70 Å². The maximum atomic E-state index is 4.40. The summed E-state index contributed by atoms with van der Waals surface area (Å²) in [5, 5.41) is 5.18. The normalized spacial score (nSPS) is 24.7. The first-order chi connectivity index (χ1) is 15.1. The quantitative estimate of drug-likeness (QED) is 0.379. The van der Waals surface area contributed by atoms with Crippen LogP contribution in [0, 0.1) is 5.92 Å². The van der Waals surface area contributed by atoms with E-state index >= 15 is 0 Å². The highest BCUT2D eigenvalue weighted by Crippen LogP contribution is 2.29. The van der Waals surface area contributed by atoms with Crippen molar-refractivity contribution < 1.29 is 0 Å². The maximum absolute atomic E-state index is 4.40. The third-order valence-electron chi connectivity index (χ3n) is 6.47. The Bertz CT molecular complexity index is 1270. The van der Waals surface area contributed by atoms with Crippen LogP contribution < -0.4 is 5.46 Å².